The number of hydrogen-bond donors (Lipinski definition) is 1. The lowest BCUT2D eigenvalue weighted by Crippen LogP contribution is -2.03. The maximum Gasteiger partial charge on any atom is 0.0518 e. The number of ether oxygens (including phenoxy) is 1. The lowest BCUT2D eigenvalue weighted by atomic mass is 10.1. The van der Waals surface area contributed by atoms with E-state index in [-0.39, 0.29) is 0 Å². The van der Waals surface area contributed by atoms with Crippen molar-refractivity contribution in [3.8, 4) is 0 Å². The maximum atomic E-state index is 5.47. The van der Waals surface area contributed by atoms with Crippen LogP contribution in [0.4, 0.5) is 0 Å². The van der Waals surface area contributed by atoms with Gasteiger partial charge in [0.1, 0.15) is 0 Å². The highest BCUT2D eigenvalue weighted by Crippen LogP contribution is 2.07. The zero-order valence-corrected chi connectivity index (χ0v) is 9.93. The van der Waals surface area contributed by atoms with Crippen LogP contribution in [0.3, 0.4) is 0 Å². The van der Waals surface area contributed by atoms with E-state index in [0.717, 1.165) is 13.2 Å². The summed E-state index contributed by atoms with van der Waals surface area (Å²) in [4.78, 5) is 0. The Morgan fingerprint density at radius 1 is 0.857 bits per heavy atom. The molecule has 0 aliphatic rings. The van der Waals surface area contributed by atoms with Crippen LogP contribution in [0.1, 0.15) is 58.8 Å². The summed E-state index contributed by atoms with van der Waals surface area (Å²) in [5.41, 5.74) is 5.42. The van der Waals surface area contributed by atoms with Crippen LogP contribution in [0.5, 0.6) is 0 Å². The molecule has 0 aliphatic heterocycles. The molecule has 2 nitrogen and oxygen atoms in total. The average Bonchev–Trinajstić information content (AvgIpc) is 2.15. The van der Waals surface area contributed by atoms with Crippen LogP contribution in [-0.2, 0) is 4.74 Å². The van der Waals surface area contributed by atoms with Gasteiger partial charge in [-0.2, -0.15) is 0 Å². The zero-order valence-electron chi connectivity index (χ0n) is 9.93. The molecule has 0 rings (SSSR count). The first-order valence-corrected chi connectivity index (χ1v) is 6.09. The smallest absolute Gasteiger partial charge is 0.0518 e. The summed E-state index contributed by atoms with van der Waals surface area (Å²) in [6.07, 6.45) is 9.48. The van der Waals surface area contributed by atoms with Crippen molar-refractivity contribution in [3.05, 3.63) is 0 Å². The summed E-state index contributed by atoms with van der Waals surface area (Å²) in [5, 5.41) is 0. The first-order valence-electron chi connectivity index (χ1n) is 6.09. The maximum absolute atomic E-state index is 5.47. The van der Waals surface area contributed by atoms with E-state index in [2.05, 4.69) is 13.8 Å². The number of nitrogens with two attached hydrogens (primary N) is 1. The molecule has 0 aromatic rings. The molecule has 0 aromatic heterocycles. The highest BCUT2D eigenvalue weighted by Gasteiger charge is 1.93. The van der Waals surface area contributed by atoms with Gasteiger partial charge in [0.05, 0.1) is 6.10 Å². The summed E-state index contributed by atoms with van der Waals surface area (Å²) >= 11 is 0. The summed E-state index contributed by atoms with van der Waals surface area (Å²) in [7, 11) is 0. The van der Waals surface area contributed by atoms with Crippen molar-refractivity contribution in [1.29, 1.82) is 0 Å². The molecule has 2 N–H and O–H groups in total. The molecule has 0 radical (unpaired) electrons. The van der Waals surface area contributed by atoms with Crippen molar-refractivity contribution < 1.29 is 4.74 Å². The molecule has 86 valence electrons. The van der Waals surface area contributed by atoms with Gasteiger partial charge in [-0.25, -0.2) is 0 Å². The molecule has 0 aliphatic carbocycles. The molecular formula is C12H27NO. The molecule has 0 spiro atoms. The van der Waals surface area contributed by atoms with E-state index < -0.39 is 0 Å². The minimum Gasteiger partial charge on any atom is -0.379 e. The van der Waals surface area contributed by atoms with Gasteiger partial charge in [-0.05, 0) is 33.2 Å². The lowest BCUT2D eigenvalue weighted by Gasteiger charge is -2.06. The normalized spacial score (nSPS) is 11.1. The fourth-order valence-corrected chi connectivity index (χ4v) is 1.45. The Balaban J connectivity index is 2.85. The van der Waals surface area contributed by atoms with Crippen LogP contribution in [0.15, 0.2) is 0 Å². The van der Waals surface area contributed by atoms with Gasteiger partial charge >= 0.3 is 0 Å². The second-order valence-corrected chi connectivity index (χ2v) is 4.18. The van der Waals surface area contributed by atoms with Crippen molar-refractivity contribution in [2.75, 3.05) is 13.2 Å². The Labute approximate surface area is 89.2 Å². The van der Waals surface area contributed by atoms with Crippen molar-refractivity contribution in [3.63, 3.8) is 0 Å². The molecule has 0 atom stereocenters. The van der Waals surface area contributed by atoms with Gasteiger partial charge in [-0.3, -0.25) is 0 Å². The van der Waals surface area contributed by atoms with Crippen molar-refractivity contribution >= 4 is 0 Å². The summed E-state index contributed by atoms with van der Waals surface area (Å²) in [6, 6.07) is 0. The van der Waals surface area contributed by atoms with Crippen LogP contribution < -0.4 is 5.73 Å². The second-order valence-electron chi connectivity index (χ2n) is 4.18. The molecule has 0 amide bonds. The van der Waals surface area contributed by atoms with Crippen LogP contribution in [-0.4, -0.2) is 19.3 Å². The largest absolute Gasteiger partial charge is 0.379 e. The lowest BCUT2D eigenvalue weighted by molar-refractivity contribution is 0.0757. The van der Waals surface area contributed by atoms with E-state index in [1.165, 1.54) is 44.9 Å². The fraction of sp³-hybridized carbons (Fsp3) is 1.00. The number of rotatable bonds is 10. The molecule has 0 aromatic carbocycles. The van der Waals surface area contributed by atoms with Gasteiger partial charge in [-0.1, -0.05) is 32.1 Å². The first kappa shape index (κ1) is 13.9. The molecule has 0 unspecified atom stereocenters. The van der Waals surface area contributed by atoms with Gasteiger partial charge in [0.2, 0.25) is 0 Å². The molecule has 0 fully saturated rings. The van der Waals surface area contributed by atoms with Gasteiger partial charge in [0, 0.05) is 6.61 Å². The van der Waals surface area contributed by atoms with E-state index in [1.807, 2.05) is 0 Å². The molecule has 2 heteroatoms. The summed E-state index contributed by atoms with van der Waals surface area (Å²) in [6.45, 7) is 5.96. The Kier molecular flexibility index (Phi) is 10.9. The van der Waals surface area contributed by atoms with Gasteiger partial charge < -0.3 is 10.5 Å². The van der Waals surface area contributed by atoms with Crippen LogP contribution in [0, 0.1) is 0 Å². The molecule has 14 heavy (non-hydrogen) atoms. The summed E-state index contributed by atoms with van der Waals surface area (Å²) < 4.78 is 5.47. The van der Waals surface area contributed by atoms with E-state index in [1.54, 1.807) is 0 Å². The second kappa shape index (κ2) is 11.0. The van der Waals surface area contributed by atoms with Crippen LogP contribution >= 0.6 is 0 Å². The SMILES string of the molecule is CC(C)OCCCCCCCCCN. The van der Waals surface area contributed by atoms with Crippen molar-refractivity contribution in [2.24, 2.45) is 5.73 Å². The predicted octanol–water partition coefficient (Wildman–Crippen LogP) is 3.10. The minimum absolute atomic E-state index is 0.388. The van der Waals surface area contributed by atoms with E-state index >= 15 is 0 Å². The molecule has 0 saturated carbocycles. The zero-order chi connectivity index (χ0) is 10.6. The fourth-order valence-electron chi connectivity index (χ4n) is 1.45. The van der Waals surface area contributed by atoms with E-state index in [0.29, 0.717) is 6.10 Å². The number of unbranched alkanes of at least 4 members (excludes halogenated alkanes) is 6. The summed E-state index contributed by atoms with van der Waals surface area (Å²) in [5.74, 6) is 0. The molecule has 0 heterocycles. The predicted molar refractivity (Wildman–Crippen MR) is 62.5 cm³/mol. The first-order chi connectivity index (χ1) is 6.77. The van der Waals surface area contributed by atoms with Gasteiger partial charge in [-0.15, -0.1) is 0 Å². The highest BCUT2D eigenvalue weighted by molar-refractivity contribution is 4.47. The van der Waals surface area contributed by atoms with Gasteiger partial charge in [0.25, 0.3) is 0 Å². The topological polar surface area (TPSA) is 35.2 Å². The van der Waals surface area contributed by atoms with E-state index in [9.17, 15) is 0 Å². The average molecular weight is 201 g/mol. The highest BCUT2D eigenvalue weighted by atomic mass is 16.5. The monoisotopic (exact) mass is 201 g/mol. The third kappa shape index (κ3) is 11.9. The van der Waals surface area contributed by atoms with Crippen molar-refractivity contribution in [1.82, 2.24) is 0 Å². The standard InChI is InChI=1S/C12H27NO/c1-12(2)14-11-9-7-5-3-4-6-8-10-13/h12H,3-11,13H2,1-2H3. The third-order valence-corrected chi connectivity index (χ3v) is 2.30. The Morgan fingerprint density at radius 2 is 1.36 bits per heavy atom. The Bertz CT molecular complexity index is 104. The molecular weight excluding hydrogens is 174 g/mol. The number of hydrogen-bond acceptors (Lipinski definition) is 2. The quantitative estimate of drug-likeness (QED) is 0.551. The Morgan fingerprint density at radius 3 is 1.86 bits per heavy atom. The van der Waals surface area contributed by atoms with Gasteiger partial charge in [0.15, 0.2) is 0 Å². The Hall–Kier alpha value is -0.0800. The van der Waals surface area contributed by atoms with Crippen LogP contribution in [0.2, 0.25) is 0 Å². The minimum atomic E-state index is 0.388. The van der Waals surface area contributed by atoms with Crippen molar-refractivity contribution in [2.45, 2.75) is 64.9 Å². The molecule has 0 saturated heterocycles. The molecule has 0 bridgehead atoms. The van der Waals surface area contributed by atoms with E-state index in [4.69, 9.17) is 10.5 Å². The third-order valence-electron chi connectivity index (χ3n) is 2.30. The van der Waals surface area contributed by atoms with Crippen LogP contribution in [0.25, 0.3) is 0 Å².